The van der Waals surface area contributed by atoms with Crippen molar-refractivity contribution in [3.05, 3.63) is 65.9 Å². The lowest BCUT2D eigenvalue weighted by atomic mass is 10.2. The van der Waals surface area contributed by atoms with E-state index >= 15 is 0 Å². The van der Waals surface area contributed by atoms with E-state index in [1.807, 2.05) is 54.9 Å². The Kier molecular flexibility index (Phi) is 6.91. The molecule has 2 heterocycles. The second-order valence-electron chi connectivity index (χ2n) is 6.53. The fraction of sp³-hybridized carbons (Fsp3) is 0.350. The molecular weight excluding hydrogens is 357 g/mol. The van der Waals surface area contributed by atoms with E-state index < -0.39 is 0 Å². The summed E-state index contributed by atoms with van der Waals surface area (Å²) >= 11 is 0. The van der Waals surface area contributed by atoms with Gasteiger partial charge in [0.2, 0.25) is 0 Å². The Hall–Kier alpha value is -3.00. The van der Waals surface area contributed by atoms with Crippen LogP contribution in [0.15, 0.2) is 53.7 Å². The van der Waals surface area contributed by atoms with Crippen LogP contribution in [0.2, 0.25) is 0 Å². The average molecular weight is 383 g/mol. The Balaban J connectivity index is 1.51. The van der Waals surface area contributed by atoms with Crippen molar-refractivity contribution in [2.75, 3.05) is 26.7 Å². The first-order valence-electron chi connectivity index (χ1n) is 9.39. The van der Waals surface area contributed by atoms with Crippen molar-refractivity contribution in [2.24, 2.45) is 4.99 Å². The number of hydrogen-bond donors (Lipinski definition) is 2. The van der Waals surface area contributed by atoms with Crippen molar-refractivity contribution in [3.63, 3.8) is 0 Å². The number of likely N-dealkylation sites (N-methyl/N-ethyl adjacent to an activating group) is 1. The van der Waals surface area contributed by atoms with Crippen molar-refractivity contribution >= 4 is 11.6 Å². The van der Waals surface area contributed by atoms with Crippen LogP contribution >= 0.6 is 0 Å². The molecular formula is C20H26FN7. The molecule has 3 aromatic rings. The summed E-state index contributed by atoms with van der Waals surface area (Å²) in [6.07, 6.45) is 1.94. The third-order valence-electron chi connectivity index (χ3n) is 4.26. The Morgan fingerprint density at radius 1 is 1.14 bits per heavy atom. The monoisotopic (exact) mass is 383 g/mol. The molecule has 3 rings (SSSR count). The molecule has 0 aliphatic rings. The zero-order valence-electron chi connectivity index (χ0n) is 16.3. The molecule has 7 nitrogen and oxygen atoms in total. The molecule has 1 aromatic carbocycles. The molecule has 0 amide bonds. The summed E-state index contributed by atoms with van der Waals surface area (Å²) in [5, 5.41) is 14.9. The first-order valence-corrected chi connectivity index (χ1v) is 9.39. The molecule has 0 unspecified atom stereocenters. The van der Waals surface area contributed by atoms with Crippen LogP contribution < -0.4 is 10.6 Å². The van der Waals surface area contributed by atoms with E-state index in [9.17, 15) is 4.39 Å². The number of nitrogens with zero attached hydrogens (tertiary/aromatic N) is 5. The molecule has 2 N–H and O–H groups in total. The Bertz CT molecular complexity index is 904. The molecule has 0 saturated carbocycles. The number of halogens is 1. The second-order valence-corrected chi connectivity index (χ2v) is 6.53. The quantitative estimate of drug-likeness (QED) is 0.460. The van der Waals surface area contributed by atoms with E-state index in [1.165, 1.54) is 12.1 Å². The van der Waals surface area contributed by atoms with Crippen LogP contribution in [0.5, 0.6) is 0 Å². The van der Waals surface area contributed by atoms with E-state index in [1.54, 1.807) is 0 Å². The lowest BCUT2D eigenvalue weighted by molar-refractivity contribution is 0.331. The number of pyridine rings is 1. The summed E-state index contributed by atoms with van der Waals surface area (Å²) in [6.45, 7) is 5.58. The Morgan fingerprint density at radius 3 is 2.75 bits per heavy atom. The first-order chi connectivity index (χ1) is 13.7. The number of rotatable bonds is 8. The van der Waals surface area contributed by atoms with Gasteiger partial charge in [-0.25, -0.2) is 9.38 Å². The van der Waals surface area contributed by atoms with Gasteiger partial charge < -0.3 is 15.5 Å². The van der Waals surface area contributed by atoms with Crippen molar-refractivity contribution in [2.45, 2.75) is 20.0 Å². The van der Waals surface area contributed by atoms with Gasteiger partial charge in [-0.05, 0) is 43.8 Å². The number of nitrogens with one attached hydrogen (secondary N) is 2. The summed E-state index contributed by atoms with van der Waals surface area (Å²) < 4.78 is 14.9. The third-order valence-corrected chi connectivity index (χ3v) is 4.26. The molecule has 0 saturated heterocycles. The van der Waals surface area contributed by atoms with Gasteiger partial charge in [-0.2, -0.15) is 0 Å². The average Bonchev–Trinajstić information content (AvgIpc) is 3.11. The van der Waals surface area contributed by atoms with Crippen LogP contribution in [0.3, 0.4) is 0 Å². The van der Waals surface area contributed by atoms with Gasteiger partial charge in [0.15, 0.2) is 17.4 Å². The topological polar surface area (TPSA) is 69.8 Å². The van der Waals surface area contributed by atoms with E-state index in [4.69, 9.17) is 0 Å². The molecule has 0 aliphatic carbocycles. The van der Waals surface area contributed by atoms with E-state index in [2.05, 4.69) is 30.7 Å². The van der Waals surface area contributed by atoms with E-state index in [0.29, 0.717) is 6.54 Å². The minimum Gasteiger partial charge on any atom is -0.357 e. The number of benzene rings is 1. The summed E-state index contributed by atoms with van der Waals surface area (Å²) in [6, 6.07) is 12.4. The number of guanidine groups is 1. The highest BCUT2D eigenvalue weighted by atomic mass is 19.1. The SMILES string of the molecule is CCNC(=NCc1nnc2ccccn12)NCCN(C)Cc1ccc(F)cc1. The first kappa shape index (κ1) is 19.8. The van der Waals surface area contributed by atoms with Crippen molar-refractivity contribution in [1.82, 2.24) is 30.1 Å². The minimum atomic E-state index is -0.208. The van der Waals surface area contributed by atoms with Crippen LogP contribution in [-0.2, 0) is 13.1 Å². The number of aliphatic imine (C=N–C) groups is 1. The van der Waals surface area contributed by atoms with Gasteiger partial charge in [-0.15, -0.1) is 10.2 Å². The zero-order chi connectivity index (χ0) is 19.8. The Labute approximate surface area is 164 Å². The highest BCUT2D eigenvalue weighted by Gasteiger charge is 2.05. The highest BCUT2D eigenvalue weighted by Crippen LogP contribution is 2.05. The van der Waals surface area contributed by atoms with Crippen molar-refractivity contribution < 1.29 is 4.39 Å². The predicted molar refractivity (Wildman–Crippen MR) is 109 cm³/mol. The molecule has 28 heavy (non-hydrogen) atoms. The fourth-order valence-electron chi connectivity index (χ4n) is 2.84. The van der Waals surface area contributed by atoms with Gasteiger partial charge in [0.25, 0.3) is 0 Å². The van der Waals surface area contributed by atoms with Gasteiger partial charge >= 0.3 is 0 Å². The van der Waals surface area contributed by atoms with Gasteiger partial charge in [-0.1, -0.05) is 18.2 Å². The maximum absolute atomic E-state index is 13.0. The van der Waals surface area contributed by atoms with Gasteiger partial charge in [0.05, 0.1) is 0 Å². The van der Waals surface area contributed by atoms with Crippen LogP contribution in [0.4, 0.5) is 4.39 Å². The standard InChI is InChI=1S/C20H26FN7/c1-3-22-20(24-14-19-26-25-18-6-4-5-12-28(18)19)23-11-13-27(2)15-16-7-9-17(21)10-8-16/h4-10,12H,3,11,13-15H2,1-2H3,(H2,22,23,24). The summed E-state index contributed by atoms with van der Waals surface area (Å²) in [5.74, 6) is 1.33. The fourth-order valence-corrected chi connectivity index (χ4v) is 2.84. The number of aromatic nitrogens is 3. The summed E-state index contributed by atoms with van der Waals surface area (Å²) in [5.41, 5.74) is 1.90. The van der Waals surface area contributed by atoms with E-state index in [0.717, 1.165) is 49.2 Å². The number of hydrogen-bond acceptors (Lipinski definition) is 4. The largest absolute Gasteiger partial charge is 0.357 e. The Morgan fingerprint density at radius 2 is 1.96 bits per heavy atom. The zero-order valence-corrected chi connectivity index (χ0v) is 16.3. The van der Waals surface area contributed by atoms with E-state index in [-0.39, 0.29) is 5.82 Å². The summed E-state index contributed by atoms with van der Waals surface area (Å²) in [4.78, 5) is 6.78. The molecule has 0 spiro atoms. The summed E-state index contributed by atoms with van der Waals surface area (Å²) in [7, 11) is 2.04. The maximum atomic E-state index is 13.0. The maximum Gasteiger partial charge on any atom is 0.191 e. The van der Waals surface area contributed by atoms with Crippen molar-refractivity contribution in [1.29, 1.82) is 0 Å². The molecule has 0 atom stereocenters. The van der Waals surface area contributed by atoms with Crippen LogP contribution in [0.1, 0.15) is 18.3 Å². The van der Waals surface area contributed by atoms with Crippen molar-refractivity contribution in [3.8, 4) is 0 Å². The molecule has 0 fully saturated rings. The second kappa shape index (κ2) is 9.80. The van der Waals surface area contributed by atoms with Gasteiger partial charge in [0.1, 0.15) is 12.4 Å². The smallest absolute Gasteiger partial charge is 0.191 e. The minimum absolute atomic E-state index is 0.208. The normalized spacial score (nSPS) is 11.9. The lowest BCUT2D eigenvalue weighted by Gasteiger charge is -2.18. The molecule has 0 radical (unpaired) electrons. The van der Waals surface area contributed by atoms with Gasteiger partial charge in [-0.3, -0.25) is 4.40 Å². The van der Waals surface area contributed by atoms with Gasteiger partial charge in [0, 0.05) is 32.4 Å². The molecule has 0 bridgehead atoms. The molecule has 8 heteroatoms. The third kappa shape index (κ3) is 5.50. The molecule has 2 aromatic heterocycles. The van der Waals surface area contributed by atoms with Crippen LogP contribution in [-0.4, -0.2) is 52.1 Å². The molecule has 148 valence electrons. The highest BCUT2D eigenvalue weighted by molar-refractivity contribution is 5.79. The predicted octanol–water partition coefficient (Wildman–Crippen LogP) is 2.06. The number of fused-ring (bicyclic) bond motifs is 1. The lowest BCUT2D eigenvalue weighted by Crippen LogP contribution is -2.40. The molecule has 0 aliphatic heterocycles. The van der Waals surface area contributed by atoms with Crippen LogP contribution in [0.25, 0.3) is 5.65 Å². The van der Waals surface area contributed by atoms with Crippen LogP contribution in [0, 0.1) is 5.82 Å².